The fourth-order valence-corrected chi connectivity index (χ4v) is 3.55. The third kappa shape index (κ3) is 8.08. The molecule has 34 heavy (non-hydrogen) atoms. The van der Waals surface area contributed by atoms with Crippen molar-refractivity contribution in [3.05, 3.63) is 29.7 Å². The van der Waals surface area contributed by atoms with Gasteiger partial charge in [0.2, 0.25) is 5.92 Å². The Labute approximate surface area is 196 Å². The van der Waals surface area contributed by atoms with E-state index in [9.17, 15) is 22.4 Å². The number of amides is 2. The second kappa shape index (κ2) is 12.3. The van der Waals surface area contributed by atoms with Gasteiger partial charge in [-0.05, 0) is 24.5 Å². The number of nitrogens with one attached hydrogen (secondary N) is 1. The van der Waals surface area contributed by atoms with Crippen molar-refractivity contribution in [2.75, 3.05) is 27.3 Å². The Kier molecular flexibility index (Phi) is 10.0. The van der Waals surface area contributed by atoms with Crippen molar-refractivity contribution in [1.29, 1.82) is 0 Å². The molecule has 0 spiro atoms. The van der Waals surface area contributed by atoms with E-state index in [4.69, 9.17) is 5.73 Å². The molecule has 1 unspecified atom stereocenters. The molecule has 2 amide bonds. The van der Waals surface area contributed by atoms with E-state index in [0.29, 0.717) is 29.7 Å². The van der Waals surface area contributed by atoms with Crippen LogP contribution in [0.25, 0.3) is 5.65 Å². The second-order valence-corrected chi connectivity index (χ2v) is 8.63. The summed E-state index contributed by atoms with van der Waals surface area (Å²) < 4.78 is 58.2. The predicted octanol–water partition coefficient (Wildman–Crippen LogP) is 3.83. The lowest BCUT2D eigenvalue weighted by atomic mass is 9.97. The number of carbonyl (C=O) groups excluding carboxylic acids is 1. The number of carbonyl (C=O) groups is 1. The minimum absolute atomic E-state index is 0.0419. The lowest BCUT2D eigenvalue weighted by Gasteiger charge is -2.25. The van der Waals surface area contributed by atoms with E-state index >= 15 is 0 Å². The highest BCUT2D eigenvalue weighted by Gasteiger charge is 2.42. The highest BCUT2D eigenvalue weighted by atomic mass is 19.3. The van der Waals surface area contributed by atoms with Gasteiger partial charge in [0.05, 0.1) is 24.6 Å². The van der Waals surface area contributed by atoms with E-state index in [0.717, 1.165) is 11.3 Å². The summed E-state index contributed by atoms with van der Waals surface area (Å²) in [6.45, 7) is 1.10. The van der Waals surface area contributed by atoms with E-state index in [1.165, 1.54) is 13.1 Å². The molecule has 2 aliphatic rings. The number of aromatic nitrogens is 3. The molecule has 1 saturated heterocycles. The van der Waals surface area contributed by atoms with Crippen LogP contribution in [0, 0.1) is 5.92 Å². The molecule has 192 valence electrons. The van der Waals surface area contributed by atoms with Crippen molar-refractivity contribution in [2.24, 2.45) is 11.7 Å². The van der Waals surface area contributed by atoms with Gasteiger partial charge in [-0.2, -0.15) is 5.10 Å². The van der Waals surface area contributed by atoms with Crippen LogP contribution in [0.2, 0.25) is 0 Å². The number of halogens is 4. The molecule has 0 radical (unpaired) electrons. The van der Waals surface area contributed by atoms with Crippen molar-refractivity contribution >= 4 is 11.7 Å². The lowest BCUT2D eigenvalue weighted by Crippen LogP contribution is -2.41. The van der Waals surface area contributed by atoms with Crippen LogP contribution < -0.4 is 11.1 Å². The number of ether oxygens (including phenoxy) is 1. The molecule has 0 bridgehead atoms. The summed E-state index contributed by atoms with van der Waals surface area (Å²) in [5.41, 5.74) is 7.41. The monoisotopic (exact) mass is 490 g/mol. The molecule has 3 heterocycles. The molecular formula is C22H34F4N6O2. The number of rotatable bonds is 3. The fourth-order valence-electron chi connectivity index (χ4n) is 3.55. The zero-order valence-corrected chi connectivity index (χ0v) is 19.9. The van der Waals surface area contributed by atoms with Gasteiger partial charge in [0, 0.05) is 52.6 Å². The smallest absolute Gasteiger partial charge is 0.317 e. The molecule has 1 aliphatic heterocycles. The fraction of sp³-hybridized carbons (Fsp3) is 0.682. The summed E-state index contributed by atoms with van der Waals surface area (Å²) in [5, 5.41) is 6.69. The lowest BCUT2D eigenvalue weighted by molar-refractivity contribution is -0.0603. The SMILES string of the molecule is CC1CNC(=O)N(Cc2cnn3cc(CN)nc3c2)CC1(F)F.COC.FC1(F)CCCCC1. The molecule has 2 aromatic rings. The largest absolute Gasteiger partial charge is 0.388 e. The Morgan fingerprint density at radius 3 is 2.41 bits per heavy atom. The molecule has 1 atom stereocenters. The van der Waals surface area contributed by atoms with Crippen LogP contribution in [0.5, 0.6) is 0 Å². The van der Waals surface area contributed by atoms with E-state index in [2.05, 4.69) is 20.1 Å². The summed E-state index contributed by atoms with van der Waals surface area (Å²) in [6.07, 6.45) is 5.90. The van der Waals surface area contributed by atoms with E-state index in [1.54, 1.807) is 31.0 Å². The molecule has 3 N–H and O–H groups in total. The molecular weight excluding hydrogens is 456 g/mol. The van der Waals surface area contributed by atoms with Crippen molar-refractivity contribution in [1.82, 2.24) is 24.8 Å². The van der Waals surface area contributed by atoms with Crippen LogP contribution in [0.4, 0.5) is 22.4 Å². The Morgan fingerprint density at radius 1 is 1.21 bits per heavy atom. The van der Waals surface area contributed by atoms with Crippen molar-refractivity contribution < 1.29 is 27.1 Å². The third-order valence-electron chi connectivity index (χ3n) is 5.56. The van der Waals surface area contributed by atoms with Crippen LogP contribution in [0.3, 0.4) is 0 Å². The summed E-state index contributed by atoms with van der Waals surface area (Å²) in [4.78, 5) is 17.4. The van der Waals surface area contributed by atoms with Gasteiger partial charge in [0.1, 0.15) is 0 Å². The average molecular weight is 491 g/mol. The third-order valence-corrected chi connectivity index (χ3v) is 5.56. The quantitative estimate of drug-likeness (QED) is 0.638. The summed E-state index contributed by atoms with van der Waals surface area (Å²) in [6, 6.07) is 1.21. The molecule has 0 aromatic carbocycles. The average Bonchev–Trinajstić information content (AvgIpc) is 3.16. The number of methoxy groups -OCH3 is 1. The van der Waals surface area contributed by atoms with Gasteiger partial charge >= 0.3 is 6.03 Å². The number of alkyl halides is 4. The van der Waals surface area contributed by atoms with E-state index < -0.39 is 30.3 Å². The number of nitrogens with zero attached hydrogens (tertiary/aromatic N) is 4. The molecule has 8 nitrogen and oxygen atoms in total. The Balaban J connectivity index is 0.000000309. The van der Waals surface area contributed by atoms with Crippen molar-refractivity contribution in [3.63, 3.8) is 0 Å². The maximum absolute atomic E-state index is 14.0. The van der Waals surface area contributed by atoms with Crippen LogP contribution in [-0.4, -0.2) is 64.7 Å². The Bertz CT molecular complexity index is 916. The number of urea groups is 1. The maximum Gasteiger partial charge on any atom is 0.317 e. The number of hydrogen-bond acceptors (Lipinski definition) is 5. The zero-order valence-electron chi connectivity index (χ0n) is 19.9. The van der Waals surface area contributed by atoms with Gasteiger partial charge in [-0.1, -0.05) is 13.3 Å². The van der Waals surface area contributed by atoms with Gasteiger partial charge in [0.15, 0.2) is 5.65 Å². The number of fused-ring (bicyclic) bond motifs is 1. The number of nitrogens with two attached hydrogens (primary N) is 1. The maximum atomic E-state index is 14.0. The zero-order chi connectivity index (χ0) is 25.4. The van der Waals surface area contributed by atoms with Crippen molar-refractivity contribution in [2.45, 2.75) is 64.0 Å². The van der Waals surface area contributed by atoms with Crippen LogP contribution in [-0.2, 0) is 17.8 Å². The molecule has 2 aromatic heterocycles. The summed E-state index contributed by atoms with van der Waals surface area (Å²) in [5.74, 6) is -6.16. The minimum Gasteiger partial charge on any atom is -0.388 e. The molecule has 1 aliphatic carbocycles. The number of hydrogen-bond donors (Lipinski definition) is 2. The highest BCUT2D eigenvalue weighted by Crippen LogP contribution is 2.32. The second-order valence-electron chi connectivity index (χ2n) is 8.63. The molecule has 12 heteroatoms. The van der Waals surface area contributed by atoms with Gasteiger partial charge in [0.25, 0.3) is 5.92 Å². The first-order valence-corrected chi connectivity index (χ1v) is 11.2. The highest BCUT2D eigenvalue weighted by molar-refractivity contribution is 5.74. The standard InChI is InChI=1S/C14H18F2N6O.C6H10F2.C2H6O/c1-9-4-18-13(23)21(8-14(9,15)16)6-10-2-12-20-11(3-17)7-22(12)19-5-10;7-6(8)4-2-1-3-5-6;1-3-2/h2,5,7,9H,3-4,6,8,17H2,1H3,(H,18,23);1-5H2;1-2H3. The van der Waals surface area contributed by atoms with Gasteiger partial charge < -0.3 is 20.7 Å². The first-order valence-electron chi connectivity index (χ1n) is 11.2. The minimum atomic E-state index is -2.93. The van der Waals surface area contributed by atoms with Gasteiger partial charge in [-0.15, -0.1) is 0 Å². The normalized spacial score (nSPS) is 21.5. The number of imidazole rings is 1. The first-order chi connectivity index (χ1) is 16.0. The molecule has 1 saturated carbocycles. The Morgan fingerprint density at radius 2 is 1.85 bits per heavy atom. The molecule has 2 fully saturated rings. The van der Waals surface area contributed by atoms with Gasteiger partial charge in [-0.3, -0.25) is 0 Å². The van der Waals surface area contributed by atoms with Crippen LogP contribution >= 0.6 is 0 Å². The summed E-state index contributed by atoms with van der Waals surface area (Å²) >= 11 is 0. The van der Waals surface area contributed by atoms with Crippen LogP contribution in [0.1, 0.15) is 50.3 Å². The first kappa shape index (κ1) is 27.8. The molecule has 4 rings (SSSR count). The summed E-state index contributed by atoms with van der Waals surface area (Å²) in [7, 11) is 3.25. The van der Waals surface area contributed by atoms with Crippen molar-refractivity contribution in [3.8, 4) is 0 Å². The van der Waals surface area contributed by atoms with E-state index in [-0.39, 0.29) is 32.5 Å². The van der Waals surface area contributed by atoms with Gasteiger partial charge in [-0.25, -0.2) is 31.9 Å². The topological polar surface area (TPSA) is 97.8 Å². The van der Waals surface area contributed by atoms with E-state index in [1.807, 2.05) is 0 Å². The Hall–Kier alpha value is -2.47. The predicted molar refractivity (Wildman–Crippen MR) is 120 cm³/mol. The van der Waals surface area contributed by atoms with Crippen LogP contribution in [0.15, 0.2) is 18.5 Å².